The Bertz CT molecular complexity index is 4620. The van der Waals surface area contributed by atoms with E-state index in [1.165, 1.54) is 21.3 Å². The third-order valence-electron chi connectivity index (χ3n) is 18.5. The summed E-state index contributed by atoms with van der Waals surface area (Å²) in [6.45, 7) is -12.1. The summed E-state index contributed by atoms with van der Waals surface area (Å²) < 4.78 is 957. The van der Waals surface area contributed by atoms with E-state index >= 15 is 0 Å². The summed E-state index contributed by atoms with van der Waals surface area (Å²) in [5.41, 5.74) is -13.3. The molecule has 0 atom stereocenters. The van der Waals surface area contributed by atoms with Gasteiger partial charge >= 0.3 is 226 Å². The molecule has 14 nitrogen and oxygen atoms in total. The molecule has 0 spiro atoms. The molecule has 82 heteroatoms. The number of esters is 4. The molecule has 3 rings (SSSR count). The molecule has 0 bridgehead atoms. The lowest BCUT2D eigenvalue weighted by Crippen LogP contribution is -2.74. The van der Waals surface area contributed by atoms with Crippen molar-refractivity contribution in [3.63, 3.8) is 0 Å². The number of hydrogen-bond acceptors (Lipinski definition) is 10. The summed E-state index contributed by atoms with van der Waals surface area (Å²) in [6.07, 6.45) is -48.1. The molecule has 3 aromatic carbocycles. The van der Waals surface area contributed by atoms with Crippen molar-refractivity contribution >= 4 is 58.7 Å². The lowest BCUT2D eigenvalue weighted by Gasteiger charge is -2.42. The van der Waals surface area contributed by atoms with Crippen LogP contribution in [0.2, 0.25) is 0 Å². The maximum Gasteiger partial charge on any atom is 0.460 e. The van der Waals surface area contributed by atoms with Crippen molar-refractivity contribution in [2.75, 3.05) is 47.7 Å². The Morgan fingerprint density at radius 1 is 0.164 bits per heavy atom. The lowest BCUT2D eigenvalue weighted by atomic mass is 9.88. The van der Waals surface area contributed by atoms with E-state index in [4.69, 9.17) is 0 Å². The standard InChI is InChI=1S/C64H30F68N4O10/c65-33(66,37(73,74)41(81,82)45(89,90)49(97,98)53(105,106)57(113,114)61(121,122)123)5-9-143-27(137)19-13-20(28(138)144-10-6-34(67,68)38(75,76)42(83,84)46(91,92)50(99,100)54(107,108)58(115,116)62(124,125)126)16-25(15-19)135-31(141)133-23-1-2-24(4-3-23)134-32(142)136-26-17-21(29(139)145-11-7-35(69,70)39(77,78)43(85,86)47(93,94)51(101,102)55(109,110)59(117,118)63(127,128)129)14-22(18-26)30(140)146-12-8-36(71,72)40(79,80)44(87,88)48(95,96)52(103,104)56(111,112)60(119,120)64(130,131)132/h1-4,13-18H,5-12H2,(H2,133,135,141)(H2,134,136,142). The number of carbonyl (C=O) groups is 6. The SMILES string of the molecule is O=C(Nc1ccc(NC(=O)Nc2cc(C(=O)OCCC(F)(F)C(F)(F)C(F)(F)C(F)(F)C(F)(F)C(F)(F)C(F)(F)C(F)(F)F)cc(C(=O)OCCC(F)(F)C(F)(F)C(F)(F)C(F)(F)C(F)(F)C(F)(F)C(F)(F)C(F)(F)F)c2)cc1)Nc1cc(C(=O)OCCC(F)(F)C(F)(F)C(F)(F)C(F)(F)C(F)(F)C(F)(F)C(F)(F)C(F)(F)F)cc(C(=O)OCCC(F)(F)C(F)(F)C(F)(F)C(F)(F)C(F)(F)C(F)(F)C(F)(F)C(F)(F)F)c1. The molecule has 0 unspecified atom stereocenters. The second kappa shape index (κ2) is 38.4. The zero-order chi connectivity index (χ0) is 116. The number of halogens is 68. The van der Waals surface area contributed by atoms with Gasteiger partial charge in [0.05, 0.1) is 74.4 Å². The zero-order valence-corrected chi connectivity index (χ0v) is 66.2. The van der Waals surface area contributed by atoms with Crippen molar-refractivity contribution in [1.82, 2.24) is 0 Å². The number of ether oxygens (including phenoxy) is 4. The lowest BCUT2D eigenvalue weighted by molar-refractivity contribution is -0.461. The predicted octanol–water partition coefficient (Wildman–Crippen LogP) is 27.2. The average Bonchev–Trinajstić information content (AvgIpc) is 0.704. The van der Waals surface area contributed by atoms with Crippen LogP contribution < -0.4 is 21.3 Å². The summed E-state index contributed by atoms with van der Waals surface area (Å²) in [6, 6.07) is -5.12. The van der Waals surface area contributed by atoms with E-state index in [2.05, 4.69) is 18.9 Å². The van der Waals surface area contributed by atoms with Crippen LogP contribution in [0.3, 0.4) is 0 Å². The van der Waals surface area contributed by atoms with Gasteiger partial charge in [0.1, 0.15) is 0 Å². The molecule has 4 N–H and O–H groups in total. The van der Waals surface area contributed by atoms with Gasteiger partial charge in [-0.15, -0.1) is 0 Å². The second-order valence-corrected chi connectivity index (χ2v) is 28.5. The molecule has 0 aliphatic rings. The van der Waals surface area contributed by atoms with Crippen LogP contribution in [0.4, 0.5) is 331 Å². The van der Waals surface area contributed by atoms with Gasteiger partial charge in [-0.1, -0.05) is 0 Å². The number of amides is 4. The van der Waals surface area contributed by atoms with Gasteiger partial charge in [-0.05, 0) is 60.7 Å². The Morgan fingerprint density at radius 2 is 0.281 bits per heavy atom. The van der Waals surface area contributed by atoms with E-state index in [0.717, 1.165) is 0 Å². The summed E-state index contributed by atoms with van der Waals surface area (Å²) in [4.78, 5) is 78.4. The molecule has 0 heterocycles. The van der Waals surface area contributed by atoms with Crippen LogP contribution >= 0.6 is 0 Å². The first-order chi connectivity index (χ1) is 63.6. The van der Waals surface area contributed by atoms with Crippen LogP contribution in [0.5, 0.6) is 0 Å². The highest BCUT2D eigenvalue weighted by molar-refractivity contribution is 6.05. The molecular weight excluding hydrogens is 2280 g/mol. The monoisotopic (exact) mass is 2310 g/mol. The molecule has 0 aromatic heterocycles. The Hall–Kier alpha value is -10.7. The van der Waals surface area contributed by atoms with Gasteiger partial charge in [-0.2, -0.15) is 299 Å². The van der Waals surface area contributed by atoms with Crippen molar-refractivity contribution in [3.05, 3.63) is 82.9 Å². The van der Waals surface area contributed by atoms with Crippen molar-refractivity contribution in [1.29, 1.82) is 0 Å². The summed E-state index contributed by atoms with van der Waals surface area (Å²) >= 11 is 0. The van der Waals surface area contributed by atoms with Gasteiger partial charge in [-0.3, -0.25) is 0 Å². The Labute approximate surface area is 751 Å². The molecule has 4 amide bonds. The largest absolute Gasteiger partial charge is 0.462 e. The van der Waals surface area contributed by atoms with Gasteiger partial charge in [0.15, 0.2) is 0 Å². The highest BCUT2D eigenvalue weighted by atomic mass is 19.5. The Balaban J connectivity index is 2.21. The number of hydrogen-bond donors (Lipinski definition) is 4. The number of alkyl halides is 68. The second-order valence-electron chi connectivity index (χ2n) is 28.5. The Morgan fingerprint density at radius 3 is 0.411 bits per heavy atom. The molecule has 146 heavy (non-hydrogen) atoms. The maximum atomic E-state index is 14.7. The normalized spacial score (nSPS) is 15.4. The fraction of sp³-hybridized carbons (Fsp3) is 0.625. The van der Waals surface area contributed by atoms with Crippen molar-refractivity contribution in [2.45, 2.75) is 216 Å². The highest BCUT2D eigenvalue weighted by Crippen LogP contribution is 2.71. The number of anilines is 4. The molecule has 3 aromatic rings. The van der Waals surface area contributed by atoms with Gasteiger partial charge in [0, 0.05) is 22.7 Å². The maximum absolute atomic E-state index is 14.7. The van der Waals surface area contributed by atoms with E-state index in [1.54, 1.807) is 0 Å². The summed E-state index contributed by atoms with van der Waals surface area (Å²) in [5.74, 6) is -257. The predicted molar refractivity (Wildman–Crippen MR) is 327 cm³/mol. The van der Waals surface area contributed by atoms with E-state index in [1.807, 2.05) is 0 Å². The fourth-order valence-electron chi connectivity index (χ4n) is 9.93. The van der Waals surface area contributed by atoms with Gasteiger partial charge in [-0.25, -0.2) is 28.8 Å². The summed E-state index contributed by atoms with van der Waals surface area (Å²) in [7, 11) is 0. The van der Waals surface area contributed by atoms with Crippen LogP contribution in [0.1, 0.15) is 67.1 Å². The van der Waals surface area contributed by atoms with E-state index < -0.39 is 336 Å². The summed E-state index contributed by atoms with van der Waals surface area (Å²) in [5, 5.41) is 5.65. The third kappa shape index (κ3) is 20.8. The van der Waals surface area contributed by atoms with Crippen molar-refractivity contribution in [2.24, 2.45) is 0 Å². The number of nitrogens with one attached hydrogen (secondary N) is 4. The van der Waals surface area contributed by atoms with Gasteiger partial charge < -0.3 is 40.2 Å². The van der Waals surface area contributed by atoms with Crippen molar-refractivity contribution in [3.8, 4) is 0 Å². The van der Waals surface area contributed by atoms with Gasteiger partial charge in [0.2, 0.25) is 0 Å². The number of carbonyl (C=O) groups excluding carboxylic acids is 6. The number of urea groups is 2. The molecule has 0 aliphatic heterocycles. The third-order valence-corrected chi connectivity index (χ3v) is 18.5. The topological polar surface area (TPSA) is 187 Å². The van der Waals surface area contributed by atoms with Crippen LogP contribution in [0.15, 0.2) is 60.7 Å². The van der Waals surface area contributed by atoms with Crippen LogP contribution in [-0.4, -0.2) is 253 Å². The molecule has 0 fully saturated rings. The molecule has 0 saturated carbocycles. The minimum absolute atomic E-state index is 0.273. The van der Waals surface area contributed by atoms with Gasteiger partial charge in [0.25, 0.3) is 0 Å². The van der Waals surface area contributed by atoms with E-state index in [0.29, 0.717) is 24.3 Å². The smallest absolute Gasteiger partial charge is 0.460 e. The molecule has 842 valence electrons. The molecular formula is C64H30F68N4O10. The fourth-order valence-corrected chi connectivity index (χ4v) is 9.93. The first-order valence-electron chi connectivity index (χ1n) is 34.7. The first-order valence-corrected chi connectivity index (χ1v) is 34.7. The minimum atomic E-state index is -9.28. The van der Waals surface area contributed by atoms with E-state index in [9.17, 15) is 327 Å². The van der Waals surface area contributed by atoms with Crippen molar-refractivity contribution < 1.29 is 346 Å². The van der Waals surface area contributed by atoms with Crippen LogP contribution in [-0.2, 0) is 18.9 Å². The Kier molecular flexibility index (Phi) is 34.1. The zero-order valence-electron chi connectivity index (χ0n) is 66.2. The number of benzene rings is 3. The first kappa shape index (κ1) is 129. The molecule has 0 aliphatic carbocycles. The molecule has 0 radical (unpaired) electrons. The minimum Gasteiger partial charge on any atom is -0.462 e. The van der Waals surface area contributed by atoms with Crippen LogP contribution in [0.25, 0.3) is 0 Å². The number of rotatable bonds is 44. The van der Waals surface area contributed by atoms with E-state index in [-0.39, 0.29) is 24.3 Å². The average molecular weight is 2310 g/mol. The quantitative estimate of drug-likeness (QED) is 0.0241. The molecule has 0 saturated heterocycles. The highest BCUT2D eigenvalue weighted by Gasteiger charge is 3.01. The van der Waals surface area contributed by atoms with Crippen LogP contribution in [0, 0.1) is 0 Å².